The minimum atomic E-state index is 0.141. The van der Waals surface area contributed by atoms with Gasteiger partial charge in [-0.2, -0.15) is 9.97 Å². The van der Waals surface area contributed by atoms with Gasteiger partial charge in [0.1, 0.15) is 0 Å². The molecule has 0 atom stereocenters. The molecule has 2 aromatic heterocycles. The van der Waals surface area contributed by atoms with Gasteiger partial charge in [0.2, 0.25) is 0 Å². The zero-order valence-electron chi connectivity index (χ0n) is 18.0. The van der Waals surface area contributed by atoms with Crippen LogP contribution in [0.2, 0.25) is 0 Å². The van der Waals surface area contributed by atoms with Gasteiger partial charge in [0, 0.05) is 36.1 Å². The van der Waals surface area contributed by atoms with Gasteiger partial charge in [-0.1, -0.05) is 60.7 Å². The van der Waals surface area contributed by atoms with Crippen LogP contribution in [0, 0.1) is 0 Å². The lowest BCUT2D eigenvalue weighted by molar-refractivity contribution is 0.216. The Bertz CT molecular complexity index is 1080. The van der Waals surface area contributed by atoms with Gasteiger partial charge in [0.15, 0.2) is 0 Å². The number of ether oxygens (including phenoxy) is 2. The second kappa shape index (κ2) is 8.75. The van der Waals surface area contributed by atoms with Crippen LogP contribution in [0.15, 0.2) is 85.2 Å². The second-order valence-corrected chi connectivity index (χ2v) is 7.86. The third-order valence-corrected chi connectivity index (χ3v) is 6.27. The minimum Gasteiger partial charge on any atom is -0.467 e. The zero-order chi connectivity index (χ0) is 21.9. The van der Waals surface area contributed by atoms with Crippen molar-refractivity contribution in [1.82, 2.24) is 19.9 Å². The molecule has 1 saturated carbocycles. The zero-order valence-corrected chi connectivity index (χ0v) is 18.0. The number of methoxy groups -OCH3 is 2. The highest BCUT2D eigenvalue weighted by molar-refractivity contribution is 5.45. The number of nitrogens with zero attached hydrogens (tertiary/aromatic N) is 4. The van der Waals surface area contributed by atoms with E-state index in [1.807, 2.05) is 24.3 Å². The smallest absolute Gasteiger partial charge is 0.316 e. The Morgan fingerprint density at radius 1 is 0.531 bits per heavy atom. The summed E-state index contributed by atoms with van der Waals surface area (Å²) < 4.78 is 10.7. The van der Waals surface area contributed by atoms with Gasteiger partial charge < -0.3 is 9.47 Å². The van der Waals surface area contributed by atoms with Gasteiger partial charge in [-0.15, -0.1) is 0 Å². The average Bonchev–Trinajstić information content (AvgIpc) is 2.85. The Kier molecular flexibility index (Phi) is 5.50. The number of aromatic nitrogens is 4. The Hall–Kier alpha value is -3.80. The van der Waals surface area contributed by atoms with Crippen molar-refractivity contribution in [3.63, 3.8) is 0 Å². The fourth-order valence-corrected chi connectivity index (χ4v) is 4.94. The molecule has 6 nitrogen and oxygen atoms in total. The predicted octanol–water partition coefficient (Wildman–Crippen LogP) is 4.73. The summed E-state index contributed by atoms with van der Waals surface area (Å²) in [4.78, 5) is 17.9. The van der Waals surface area contributed by atoms with Gasteiger partial charge >= 0.3 is 12.0 Å². The molecule has 160 valence electrons. The van der Waals surface area contributed by atoms with E-state index in [4.69, 9.17) is 19.4 Å². The quantitative estimate of drug-likeness (QED) is 0.446. The lowest BCUT2D eigenvalue weighted by Gasteiger charge is -2.52. The number of hydrogen-bond acceptors (Lipinski definition) is 6. The summed E-state index contributed by atoms with van der Waals surface area (Å²) >= 11 is 0. The summed E-state index contributed by atoms with van der Waals surface area (Å²) in [6.45, 7) is 0. The third kappa shape index (κ3) is 3.58. The van der Waals surface area contributed by atoms with E-state index in [-0.39, 0.29) is 23.7 Å². The van der Waals surface area contributed by atoms with E-state index >= 15 is 0 Å². The summed E-state index contributed by atoms with van der Waals surface area (Å²) in [5, 5.41) is 0. The van der Waals surface area contributed by atoms with Crippen molar-refractivity contribution >= 4 is 0 Å². The summed E-state index contributed by atoms with van der Waals surface area (Å²) in [6, 6.07) is 25.9. The van der Waals surface area contributed by atoms with Crippen LogP contribution in [-0.4, -0.2) is 34.2 Å². The van der Waals surface area contributed by atoms with E-state index in [2.05, 4.69) is 58.5 Å². The van der Waals surface area contributed by atoms with E-state index in [9.17, 15) is 0 Å². The fraction of sp³-hybridized carbons (Fsp3) is 0.231. The third-order valence-electron chi connectivity index (χ3n) is 6.27. The molecule has 1 aliphatic carbocycles. The Morgan fingerprint density at radius 3 is 1.31 bits per heavy atom. The van der Waals surface area contributed by atoms with Crippen molar-refractivity contribution in [3.8, 4) is 12.0 Å². The molecule has 0 radical (unpaired) electrons. The first-order chi connectivity index (χ1) is 15.8. The molecule has 32 heavy (non-hydrogen) atoms. The first kappa shape index (κ1) is 20.1. The van der Waals surface area contributed by atoms with Crippen LogP contribution >= 0.6 is 0 Å². The van der Waals surface area contributed by atoms with Gasteiger partial charge in [-0.05, 0) is 23.3 Å². The normalized spacial score (nSPS) is 22.1. The summed E-state index contributed by atoms with van der Waals surface area (Å²) in [6.07, 6.45) is 3.54. The lowest BCUT2D eigenvalue weighted by atomic mass is 9.50. The molecule has 0 N–H and O–H groups in total. The molecule has 0 saturated heterocycles. The van der Waals surface area contributed by atoms with Crippen LogP contribution in [-0.2, 0) is 0 Å². The van der Waals surface area contributed by atoms with Crippen molar-refractivity contribution in [1.29, 1.82) is 0 Å². The molecular formula is C26H24N4O2. The molecule has 1 aliphatic rings. The van der Waals surface area contributed by atoms with Gasteiger partial charge in [-0.25, -0.2) is 9.97 Å². The molecule has 2 aromatic carbocycles. The minimum absolute atomic E-state index is 0.141. The van der Waals surface area contributed by atoms with Crippen molar-refractivity contribution in [2.24, 2.45) is 0 Å². The highest BCUT2D eigenvalue weighted by atomic mass is 16.5. The molecule has 0 spiro atoms. The number of benzene rings is 2. The average molecular weight is 425 g/mol. The standard InChI is InChI=1S/C26H24N4O2/c1-31-25-27-15-13-19(29-25)23-21(17-9-5-3-6-10-17)24(20-14-16-28-26(30-20)32-2)22(23)18-11-7-4-8-12-18/h3-16,21-24H,1-2H3/t21-,22-,23-,24+. The maximum absolute atomic E-state index is 5.34. The maximum atomic E-state index is 5.34. The summed E-state index contributed by atoms with van der Waals surface area (Å²) in [5.74, 6) is 0.645. The molecule has 0 amide bonds. The molecule has 1 fully saturated rings. The largest absolute Gasteiger partial charge is 0.467 e. The summed E-state index contributed by atoms with van der Waals surface area (Å²) in [7, 11) is 3.19. The van der Waals surface area contributed by atoms with Crippen LogP contribution in [0.5, 0.6) is 12.0 Å². The van der Waals surface area contributed by atoms with E-state index in [1.165, 1.54) is 11.1 Å². The Labute approximate surface area is 187 Å². The molecular weight excluding hydrogens is 400 g/mol. The number of rotatable bonds is 6. The Morgan fingerprint density at radius 2 is 0.938 bits per heavy atom. The molecule has 0 unspecified atom stereocenters. The first-order valence-corrected chi connectivity index (χ1v) is 10.6. The van der Waals surface area contributed by atoms with Gasteiger partial charge in [-0.3, -0.25) is 0 Å². The van der Waals surface area contributed by atoms with Crippen LogP contribution in [0.25, 0.3) is 0 Å². The van der Waals surface area contributed by atoms with Crippen molar-refractivity contribution in [3.05, 3.63) is 108 Å². The molecule has 4 aromatic rings. The van der Waals surface area contributed by atoms with Crippen LogP contribution in [0.4, 0.5) is 0 Å². The van der Waals surface area contributed by atoms with Gasteiger partial charge in [0.25, 0.3) is 0 Å². The van der Waals surface area contributed by atoms with Crippen LogP contribution in [0.1, 0.15) is 46.2 Å². The maximum Gasteiger partial charge on any atom is 0.316 e. The molecule has 2 heterocycles. The van der Waals surface area contributed by atoms with Crippen molar-refractivity contribution in [2.75, 3.05) is 14.2 Å². The lowest BCUT2D eigenvalue weighted by Crippen LogP contribution is -2.41. The number of hydrogen-bond donors (Lipinski definition) is 0. The predicted molar refractivity (Wildman–Crippen MR) is 121 cm³/mol. The fourth-order valence-electron chi connectivity index (χ4n) is 4.94. The SMILES string of the molecule is COc1nccc([C@H]2[C@H](c3ccccc3)[C@@H](c3ccnc(OC)n3)[C@H]2c2ccccc2)n1. The van der Waals surface area contributed by atoms with Crippen molar-refractivity contribution < 1.29 is 9.47 Å². The molecule has 5 rings (SSSR count). The highest BCUT2D eigenvalue weighted by Gasteiger charge is 2.54. The Balaban J connectivity index is 1.68. The first-order valence-electron chi connectivity index (χ1n) is 10.6. The van der Waals surface area contributed by atoms with E-state index in [0.29, 0.717) is 12.0 Å². The summed E-state index contributed by atoms with van der Waals surface area (Å²) in [5.41, 5.74) is 4.45. The van der Waals surface area contributed by atoms with E-state index in [1.54, 1.807) is 26.6 Å². The molecule has 0 bridgehead atoms. The van der Waals surface area contributed by atoms with Crippen LogP contribution in [0.3, 0.4) is 0 Å². The molecule has 0 aliphatic heterocycles. The molecule has 6 heteroatoms. The van der Waals surface area contributed by atoms with Crippen molar-refractivity contribution in [2.45, 2.75) is 23.7 Å². The van der Waals surface area contributed by atoms with E-state index < -0.39 is 0 Å². The van der Waals surface area contributed by atoms with E-state index in [0.717, 1.165) is 11.4 Å². The monoisotopic (exact) mass is 424 g/mol. The second-order valence-electron chi connectivity index (χ2n) is 7.86. The van der Waals surface area contributed by atoms with Gasteiger partial charge in [0.05, 0.1) is 25.6 Å². The highest BCUT2D eigenvalue weighted by Crippen LogP contribution is 2.65. The topological polar surface area (TPSA) is 70.0 Å². The van der Waals surface area contributed by atoms with Crippen LogP contribution < -0.4 is 9.47 Å².